The number of ether oxygens (including phenoxy) is 1. The molecule has 0 radical (unpaired) electrons. The zero-order valence-electron chi connectivity index (χ0n) is 15.8. The summed E-state index contributed by atoms with van der Waals surface area (Å²) in [6.07, 6.45) is 0. The summed E-state index contributed by atoms with van der Waals surface area (Å²) >= 11 is 5.90. The van der Waals surface area contributed by atoms with Crippen molar-refractivity contribution in [3.05, 3.63) is 64.7 Å². The molecule has 0 spiro atoms. The normalized spacial score (nSPS) is 11.1. The summed E-state index contributed by atoms with van der Waals surface area (Å²) in [5.74, 6) is 0.543. The maximum Gasteiger partial charge on any atom is 0.317 e. The minimum Gasteiger partial charge on any atom is -0.492 e. The first-order chi connectivity index (χ1) is 13.3. The van der Waals surface area contributed by atoms with Gasteiger partial charge in [-0.3, -0.25) is 0 Å². The van der Waals surface area contributed by atoms with Gasteiger partial charge in [-0.2, -0.15) is 0 Å². The quantitative estimate of drug-likeness (QED) is 0.646. The van der Waals surface area contributed by atoms with Gasteiger partial charge in [0.05, 0.1) is 12.3 Å². The van der Waals surface area contributed by atoms with Gasteiger partial charge in [-0.05, 0) is 36.4 Å². The second-order valence-corrected chi connectivity index (χ2v) is 8.53. The molecule has 0 saturated carbocycles. The van der Waals surface area contributed by atoms with Crippen molar-refractivity contribution in [2.45, 2.75) is 12.3 Å². The minimum atomic E-state index is -3.34. The van der Waals surface area contributed by atoms with E-state index < -0.39 is 10.0 Å². The molecule has 2 rings (SSSR count). The molecule has 2 N–H and O–H groups in total. The Morgan fingerprint density at radius 3 is 2.57 bits per heavy atom. The second-order valence-electron chi connectivity index (χ2n) is 6.17. The van der Waals surface area contributed by atoms with Crippen LogP contribution in [0.15, 0.2) is 48.5 Å². The molecule has 9 heteroatoms. The fourth-order valence-electron chi connectivity index (χ4n) is 2.39. The fourth-order valence-corrected chi connectivity index (χ4v) is 3.34. The number of halogens is 1. The van der Waals surface area contributed by atoms with Crippen LogP contribution in [0.5, 0.6) is 5.75 Å². The number of hydrogen-bond acceptors (Lipinski definition) is 4. The predicted octanol–water partition coefficient (Wildman–Crippen LogP) is 2.61. The van der Waals surface area contributed by atoms with Gasteiger partial charge in [0.1, 0.15) is 12.4 Å². The standard InChI is InChI=1S/C19H24ClN3O4S/c1-21-28(25,26)14-16-6-3-5-15(11-16)13-22-19(24)23(2)9-10-27-18-8-4-7-17(20)12-18/h3-8,11-12,21H,9-10,13-14H2,1-2H3,(H,22,24). The number of amides is 2. The molecule has 0 atom stereocenters. The van der Waals surface area contributed by atoms with E-state index in [1.807, 2.05) is 6.07 Å². The highest BCUT2D eigenvalue weighted by atomic mass is 35.5. The zero-order valence-corrected chi connectivity index (χ0v) is 17.4. The van der Waals surface area contributed by atoms with Crippen molar-refractivity contribution in [1.29, 1.82) is 0 Å². The van der Waals surface area contributed by atoms with Crippen LogP contribution in [0.1, 0.15) is 11.1 Å². The Kier molecular flexibility index (Phi) is 8.10. The Bertz CT molecular complexity index is 906. The number of nitrogens with one attached hydrogen (secondary N) is 2. The van der Waals surface area contributed by atoms with Crippen molar-refractivity contribution in [2.75, 3.05) is 27.2 Å². The maximum absolute atomic E-state index is 12.2. The van der Waals surface area contributed by atoms with E-state index in [0.29, 0.717) is 36.0 Å². The van der Waals surface area contributed by atoms with Gasteiger partial charge < -0.3 is 15.0 Å². The molecule has 28 heavy (non-hydrogen) atoms. The number of benzene rings is 2. The third-order valence-electron chi connectivity index (χ3n) is 3.94. The molecule has 0 aliphatic heterocycles. The molecule has 2 amide bonds. The second kappa shape index (κ2) is 10.3. The van der Waals surface area contributed by atoms with Crippen LogP contribution >= 0.6 is 11.6 Å². The van der Waals surface area contributed by atoms with Crippen molar-refractivity contribution >= 4 is 27.7 Å². The van der Waals surface area contributed by atoms with E-state index in [1.165, 1.54) is 11.9 Å². The Morgan fingerprint density at radius 1 is 1.14 bits per heavy atom. The SMILES string of the molecule is CNS(=O)(=O)Cc1cccc(CNC(=O)N(C)CCOc2cccc(Cl)c2)c1. The lowest BCUT2D eigenvalue weighted by molar-refractivity contribution is 0.195. The van der Waals surface area contributed by atoms with E-state index in [4.69, 9.17) is 16.3 Å². The molecule has 2 aromatic rings. The number of urea groups is 1. The lowest BCUT2D eigenvalue weighted by Gasteiger charge is -2.18. The highest BCUT2D eigenvalue weighted by Crippen LogP contribution is 2.16. The molecule has 0 bridgehead atoms. The van der Waals surface area contributed by atoms with Crippen molar-refractivity contribution in [1.82, 2.24) is 14.9 Å². The molecular weight excluding hydrogens is 402 g/mol. The van der Waals surface area contributed by atoms with Crippen molar-refractivity contribution in [3.8, 4) is 5.75 Å². The van der Waals surface area contributed by atoms with Gasteiger partial charge in [-0.1, -0.05) is 41.9 Å². The van der Waals surface area contributed by atoms with Crippen LogP contribution in [0, 0.1) is 0 Å². The summed E-state index contributed by atoms with van der Waals surface area (Å²) in [5.41, 5.74) is 1.48. The molecule has 0 aliphatic rings. The summed E-state index contributed by atoms with van der Waals surface area (Å²) in [7, 11) is -0.284. The number of nitrogens with zero attached hydrogens (tertiary/aromatic N) is 1. The highest BCUT2D eigenvalue weighted by molar-refractivity contribution is 7.88. The van der Waals surface area contributed by atoms with Crippen LogP contribution in [-0.4, -0.2) is 46.6 Å². The molecule has 0 heterocycles. The van der Waals surface area contributed by atoms with E-state index >= 15 is 0 Å². The van der Waals surface area contributed by atoms with Crippen LogP contribution in [-0.2, 0) is 22.3 Å². The molecular formula is C19H24ClN3O4S. The smallest absolute Gasteiger partial charge is 0.317 e. The average Bonchev–Trinajstić information content (AvgIpc) is 2.66. The predicted molar refractivity (Wildman–Crippen MR) is 110 cm³/mol. The summed E-state index contributed by atoms with van der Waals surface area (Å²) in [4.78, 5) is 13.7. The topological polar surface area (TPSA) is 87.7 Å². The van der Waals surface area contributed by atoms with Crippen molar-refractivity contribution < 1.29 is 17.9 Å². The van der Waals surface area contributed by atoms with Crippen molar-refractivity contribution in [2.24, 2.45) is 0 Å². The Balaban J connectivity index is 1.79. The number of sulfonamides is 1. The lowest BCUT2D eigenvalue weighted by atomic mass is 10.1. The van der Waals surface area contributed by atoms with Crippen LogP contribution < -0.4 is 14.8 Å². The van der Waals surface area contributed by atoms with Gasteiger partial charge in [0.15, 0.2) is 0 Å². The van der Waals surface area contributed by atoms with Crippen LogP contribution in [0.4, 0.5) is 4.79 Å². The Hall–Kier alpha value is -2.29. The largest absolute Gasteiger partial charge is 0.492 e. The first kappa shape index (κ1) is 22.0. The Labute approximate surface area is 170 Å². The molecule has 0 unspecified atom stereocenters. The summed E-state index contributed by atoms with van der Waals surface area (Å²) in [5, 5.41) is 3.40. The van der Waals surface area contributed by atoms with Crippen LogP contribution in [0.25, 0.3) is 0 Å². The van der Waals surface area contributed by atoms with E-state index in [0.717, 1.165) is 5.56 Å². The van der Waals surface area contributed by atoms with Crippen LogP contribution in [0.3, 0.4) is 0 Å². The number of carbonyl (C=O) groups is 1. The van der Waals surface area contributed by atoms with Crippen molar-refractivity contribution in [3.63, 3.8) is 0 Å². The molecule has 0 fully saturated rings. The number of rotatable bonds is 9. The molecule has 2 aromatic carbocycles. The Morgan fingerprint density at radius 2 is 1.86 bits per heavy atom. The summed E-state index contributed by atoms with van der Waals surface area (Å²) in [6.45, 7) is 1.03. The van der Waals surface area contributed by atoms with Crippen LogP contribution in [0.2, 0.25) is 5.02 Å². The maximum atomic E-state index is 12.2. The monoisotopic (exact) mass is 425 g/mol. The average molecular weight is 426 g/mol. The third-order valence-corrected chi connectivity index (χ3v) is 5.51. The van der Waals surface area contributed by atoms with Gasteiger partial charge in [0, 0.05) is 18.6 Å². The lowest BCUT2D eigenvalue weighted by Crippen LogP contribution is -2.39. The molecule has 0 aliphatic carbocycles. The third kappa shape index (κ3) is 7.38. The van der Waals surface area contributed by atoms with E-state index in [9.17, 15) is 13.2 Å². The number of carbonyl (C=O) groups excluding carboxylic acids is 1. The van der Waals surface area contributed by atoms with Gasteiger partial charge in [-0.15, -0.1) is 0 Å². The zero-order chi connectivity index (χ0) is 20.6. The van der Waals surface area contributed by atoms with E-state index in [2.05, 4.69) is 10.0 Å². The van der Waals surface area contributed by atoms with Gasteiger partial charge in [0.2, 0.25) is 10.0 Å². The molecule has 0 aromatic heterocycles. The summed E-state index contributed by atoms with van der Waals surface area (Å²) in [6, 6.07) is 13.9. The molecule has 0 saturated heterocycles. The minimum absolute atomic E-state index is 0.105. The number of hydrogen-bond donors (Lipinski definition) is 2. The number of likely N-dealkylation sites (N-methyl/N-ethyl adjacent to an activating group) is 1. The first-order valence-corrected chi connectivity index (χ1v) is 10.7. The molecule has 7 nitrogen and oxygen atoms in total. The van der Waals surface area contributed by atoms with E-state index in [-0.39, 0.29) is 11.8 Å². The van der Waals surface area contributed by atoms with Gasteiger partial charge in [-0.25, -0.2) is 17.9 Å². The van der Waals surface area contributed by atoms with Gasteiger partial charge in [0.25, 0.3) is 0 Å². The first-order valence-electron chi connectivity index (χ1n) is 8.65. The van der Waals surface area contributed by atoms with Gasteiger partial charge >= 0.3 is 6.03 Å². The summed E-state index contributed by atoms with van der Waals surface area (Å²) < 4.78 is 31.2. The van der Waals surface area contributed by atoms with E-state index in [1.54, 1.807) is 49.5 Å². The molecule has 152 valence electrons. The highest BCUT2D eigenvalue weighted by Gasteiger charge is 2.11. The fraction of sp³-hybridized carbons (Fsp3) is 0.316.